The van der Waals surface area contributed by atoms with Crippen molar-refractivity contribution >= 4 is 11.9 Å². The molecule has 1 fully saturated rings. The normalized spacial score (nSPS) is 17.9. The van der Waals surface area contributed by atoms with Crippen LogP contribution in [0.1, 0.15) is 26.7 Å². The highest BCUT2D eigenvalue weighted by Gasteiger charge is 2.55. The predicted molar refractivity (Wildman–Crippen MR) is 54.1 cm³/mol. The zero-order valence-electron chi connectivity index (χ0n) is 9.17. The van der Waals surface area contributed by atoms with Gasteiger partial charge >= 0.3 is 11.9 Å². The number of hydrogen-bond donors (Lipinski definition) is 0. The molecule has 0 saturated heterocycles. The van der Waals surface area contributed by atoms with Crippen LogP contribution in [0.5, 0.6) is 0 Å². The molecule has 0 aliphatic heterocycles. The van der Waals surface area contributed by atoms with Crippen LogP contribution in [0.2, 0.25) is 0 Å². The summed E-state index contributed by atoms with van der Waals surface area (Å²) in [7, 11) is 0. The van der Waals surface area contributed by atoms with E-state index in [-0.39, 0.29) is 13.2 Å². The minimum atomic E-state index is -1.11. The van der Waals surface area contributed by atoms with Gasteiger partial charge in [-0.3, -0.25) is 9.59 Å². The van der Waals surface area contributed by atoms with Gasteiger partial charge in [0.25, 0.3) is 0 Å². The number of carbonyl (C=O) groups excluding carboxylic acids is 2. The summed E-state index contributed by atoms with van der Waals surface area (Å²) in [5.74, 6) is -0.980. The lowest BCUT2D eigenvalue weighted by molar-refractivity contribution is -0.175. The third-order valence-electron chi connectivity index (χ3n) is 2.44. The van der Waals surface area contributed by atoms with Gasteiger partial charge in [-0.15, -0.1) is 0 Å². The van der Waals surface area contributed by atoms with E-state index in [4.69, 9.17) is 9.47 Å². The minimum absolute atomic E-state index is 0.270. The van der Waals surface area contributed by atoms with Crippen LogP contribution < -0.4 is 0 Å². The standard InChI is InChI=1S/C11H16O4/c1-4-14-9(12)11(6-8(3)7-11)10(13)15-5-2/h3-7H2,1-2H3. The monoisotopic (exact) mass is 212 g/mol. The highest BCUT2D eigenvalue weighted by atomic mass is 16.6. The topological polar surface area (TPSA) is 52.6 Å². The molecule has 1 saturated carbocycles. The first-order valence-corrected chi connectivity index (χ1v) is 5.08. The van der Waals surface area contributed by atoms with Crippen molar-refractivity contribution in [3.8, 4) is 0 Å². The summed E-state index contributed by atoms with van der Waals surface area (Å²) in [6, 6.07) is 0. The quantitative estimate of drug-likeness (QED) is 0.402. The van der Waals surface area contributed by atoms with Crippen LogP contribution in [0.25, 0.3) is 0 Å². The molecule has 1 aliphatic carbocycles. The highest BCUT2D eigenvalue weighted by Crippen LogP contribution is 2.46. The van der Waals surface area contributed by atoms with Gasteiger partial charge in [0.15, 0.2) is 5.41 Å². The second kappa shape index (κ2) is 4.47. The lowest BCUT2D eigenvalue weighted by Gasteiger charge is -2.38. The Balaban J connectivity index is 2.76. The molecule has 0 N–H and O–H groups in total. The van der Waals surface area contributed by atoms with Crippen LogP contribution in [0.4, 0.5) is 0 Å². The molecule has 15 heavy (non-hydrogen) atoms. The van der Waals surface area contributed by atoms with Gasteiger partial charge in [0.1, 0.15) is 0 Å². The summed E-state index contributed by atoms with van der Waals surface area (Å²) in [4.78, 5) is 23.3. The Kier molecular flexibility index (Phi) is 3.50. The van der Waals surface area contributed by atoms with Crippen molar-refractivity contribution in [2.24, 2.45) is 5.41 Å². The summed E-state index contributed by atoms with van der Waals surface area (Å²) < 4.78 is 9.77. The van der Waals surface area contributed by atoms with Gasteiger partial charge in [0, 0.05) is 0 Å². The zero-order chi connectivity index (χ0) is 11.5. The van der Waals surface area contributed by atoms with E-state index >= 15 is 0 Å². The molecule has 1 aliphatic rings. The Morgan fingerprint density at radius 2 is 1.60 bits per heavy atom. The first-order chi connectivity index (χ1) is 7.06. The van der Waals surface area contributed by atoms with Crippen molar-refractivity contribution in [3.63, 3.8) is 0 Å². The summed E-state index contributed by atoms with van der Waals surface area (Å²) in [6.45, 7) is 7.69. The van der Waals surface area contributed by atoms with Gasteiger partial charge in [-0.25, -0.2) is 0 Å². The van der Waals surface area contributed by atoms with Crippen LogP contribution in [-0.4, -0.2) is 25.2 Å². The largest absolute Gasteiger partial charge is 0.465 e. The Morgan fingerprint density at radius 3 is 1.87 bits per heavy atom. The first kappa shape index (κ1) is 11.8. The average molecular weight is 212 g/mol. The van der Waals surface area contributed by atoms with Gasteiger partial charge in [-0.05, 0) is 26.7 Å². The van der Waals surface area contributed by atoms with Crippen LogP contribution in [0.15, 0.2) is 12.2 Å². The number of allylic oxidation sites excluding steroid dienone is 1. The lowest BCUT2D eigenvalue weighted by Crippen LogP contribution is -2.48. The van der Waals surface area contributed by atoms with Crippen molar-refractivity contribution < 1.29 is 19.1 Å². The van der Waals surface area contributed by atoms with Crippen molar-refractivity contribution in [3.05, 3.63) is 12.2 Å². The summed E-state index contributed by atoms with van der Waals surface area (Å²) in [6.07, 6.45) is 0.704. The molecule has 0 bridgehead atoms. The van der Waals surface area contributed by atoms with Gasteiger partial charge in [-0.2, -0.15) is 0 Å². The Bertz CT molecular complexity index is 265. The summed E-state index contributed by atoms with van der Waals surface area (Å²) >= 11 is 0. The number of hydrogen-bond acceptors (Lipinski definition) is 4. The Morgan fingerprint density at radius 1 is 1.20 bits per heavy atom. The van der Waals surface area contributed by atoms with E-state index < -0.39 is 17.4 Å². The maximum atomic E-state index is 11.6. The van der Waals surface area contributed by atoms with Crippen LogP contribution in [0, 0.1) is 5.41 Å². The molecule has 0 aromatic carbocycles. The van der Waals surface area contributed by atoms with Crippen LogP contribution in [0.3, 0.4) is 0 Å². The predicted octanol–water partition coefficient (Wildman–Crippen LogP) is 1.45. The van der Waals surface area contributed by atoms with Crippen molar-refractivity contribution in [2.45, 2.75) is 26.7 Å². The summed E-state index contributed by atoms with van der Waals surface area (Å²) in [5.41, 5.74) is -0.223. The van der Waals surface area contributed by atoms with E-state index in [1.165, 1.54) is 0 Å². The molecule has 0 atom stereocenters. The lowest BCUT2D eigenvalue weighted by atomic mass is 9.66. The molecule has 0 unspecified atom stereocenters. The van der Waals surface area contributed by atoms with Gasteiger partial charge in [0.05, 0.1) is 13.2 Å². The Labute approximate surface area is 89.2 Å². The second-order valence-electron chi connectivity index (χ2n) is 3.63. The Hall–Kier alpha value is -1.32. The fourth-order valence-electron chi connectivity index (χ4n) is 1.71. The highest BCUT2D eigenvalue weighted by molar-refractivity contribution is 6.02. The smallest absolute Gasteiger partial charge is 0.324 e. The maximum Gasteiger partial charge on any atom is 0.324 e. The molecular formula is C11H16O4. The first-order valence-electron chi connectivity index (χ1n) is 5.08. The molecule has 0 aromatic rings. The third-order valence-corrected chi connectivity index (χ3v) is 2.44. The number of rotatable bonds is 4. The van der Waals surface area contributed by atoms with Gasteiger partial charge in [-0.1, -0.05) is 12.2 Å². The van der Waals surface area contributed by atoms with Crippen LogP contribution >= 0.6 is 0 Å². The molecule has 0 heterocycles. The molecule has 0 radical (unpaired) electrons. The fourth-order valence-corrected chi connectivity index (χ4v) is 1.71. The molecule has 0 spiro atoms. The van der Waals surface area contributed by atoms with Gasteiger partial charge < -0.3 is 9.47 Å². The van der Waals surface area contributed by atoms with Crippen molar-refractivity contribution in [2.75, 3.05) is 13.2 Å². The molecule has 0 amide bonds. The van der Waals surface area contributed by atoms with E-state index in [0.29, 0.717) is 12.8 Å². The molecule has 4 heteroatoms. The number of esters is 2. The van der Waals surface area contributed by atoms with E-state index in [1.54, 1.807) is 13.8 Å². The van der Waals surface area contributed by atoms with E-state index in [2.05, 4.69) is 6.58 Å². The van der Waals surface area contributed by atoms with E-state index in [1.807, 2.05) is 0 Å². The summed E-state index contributed by atoms with van der Waals surface area (Å²) in [5, 5.41) is 0. The molecule has 1 rings (SSSR count). The number of carbonyl (C=O) groups is 2. The second-order valence-corrected chi connectivity index (χ2v) is 3.63. The van der Waals surface area contributed by atoms with Crippen molar-refractivity contribution in [1.29, 1.82) is 0 Å². The zero-order valence-corrected chi connectivity index (χ0v) is 9.17. The minimum Gasteiger partial charge on any atom is -0.465 e. The molecule has 0 aromatic heterocycles. The van der Waals surface area contributed by atoms with Crippen molar-refractivity contribution in [1.82, 2.24) is 0 Å². The SMILES string of the molecule is C=C1CC(C(=O)OCC)(C(=O)OCC)C1. The fraction of sp³-hybridized carbons (Fsp3) is 0.636. The molecule has 4 nitrogen and oxygen atoms in total. The van der Waals surface area contributed by atoms with Crippen LogP contribution in [-0.2, 0) is 19.1 Å². The molecule has 84 valence electrons. The van der Waals surface area contributed by atoms with Gasteiger partial charge in [0.2, 0.25) is 0 Å². The van der Waals surface area contributed by atoms with E-state index in [0.717, 1.165) is 5.57 Å². The third kappa shape index (κ3) is 2.03. The van der Waals surface area contributed by atoms with E-state index in [9.17, 15) is 9.59 Å². The number of ether oxygens (including phenoxy) is 2. The maximum absolute atomic E-state index is 11.6. The molecular weight excluding hydrogens is 196 g/mol. The average Bonchev–Trinajstić information content (AvgIpc) is 2.13.